The Morgan fingerprint density at radius 2 is 1.73 bits per heavy atom. The molecule has 0 bridgehead atoms. The number of imidazole rings is 1. The van der Waals surface area contributed by atoms with Crippen LogP contribution in [0.25, 0.3) is 0 Å². The van der Waals surface area contributed by atoms with Crippen LogP contribution >= 0.6 is 11.6 Å². The van der Waals surface area contributed by atoms with E-state index in [9.17, 15) is 13.2 Å². The highest BCUT2D eigenvalue weighted by molar-refractivity contribution is 7.89. The molecule has 0 spiro atoms. The van der Waals surface area contributed by atoms with Gasteiger partial charge in [-0.3, -0.25) is 4.79 Å². The van der Waals surface area contributed by atoms with Gasteiger partial charge in [-0.05, 0) is 60.7 Å². The lowest BCUT2D eigenvalue weighted by atomic mass is 10.0. The number of rotatable bonds is 6. The molecule has 1 aromatic heterocycles. The van der Waals surface area contributed by atoms with Crippen molar-refractivity contribution in [1.29, 1.82) is 0 Å². The summed E-state index contributed by atoms with van der Waals surface area (Å²) in [5.74, 6) is 0.882. The van der Waals surface area contributed by atoms with Crippen LogP contribution < -0.4 is 5.32 Å². The van der Waals surface area contributed by atoms with Gasteiger partial charge < -0.3 is 9.88 Å². The molecule has 7 nitrogen and oxygen atoms in total. The summed E-state index contributed by atoms with van der Waals surface area (Å²) in [5, 5.41) is 3.61. The number of hydrogen-bond acceptors (Lipinski definition) is 4. The molecule has 1 aliphatic rings. The molecule has 9 heteroatoms. The van der Waals surface area contributed by atoms with Gasteiger partial charge in [0.05, 0.1) is 4.90 Å². The van der Waals surface area contributed by atoms with Crippen molar-refractivity contribution in [3.05, 3.63) is 82.9 Å². The molecule has 1 N–H and O–H groups in total. The van der Waals surface area contributed by atoms with E-state index in [0.29, 0.717) is 35.4 Å². The molecule has 0 radical (unpaired) electrons. The van der Waals surface area contributed by atoms with Gasteiger partial charge in [-0.1, -0.05) is 30.7 Å². The average Bonchev–Trinajstić information content (AvgIpc) is 3.24. The number of nitrogens with zero attached hydrogens (tertiary/aromatic N) is 3. The van der Waals surface area contributed by atoms with Crippen LogP contribution in [-0.2, 0) is 17.1 Å². The molecule has 1 fully saturated rings. The van der Waals surface area contributed by atoms with E-state index < -0.39 is 16.1 Å². The Morgan fingerprint density at radius 3 is 2.30 bits per heavy atom. The van der Waals surface area contributed by atoms with E-state index in [1.165, 1.54) is 16.4 Å². The molecule has 1 amide bonds. The van der Waals surface area contributed by atoms with Gasteiger partial charge in [0.2, 0.25) is 10.0 Å². The van der Waals surface area contributed by atoms with Crippen LogP contribution in [0.4, 0.5) is 0 Å². The molecule has 0 unspecified atom stereocenters. The van der Waals surface area contributed by atoms with Gasteiger partial charge in [-0.15, -0.1) is 0 Å². The highest BCUT2D eigenvalue weighted by Crippen LogP contribution is 2.25. The Balaban J connectivity index is 1.54. The summed E-state index contributed by atoms with van der Waals surface area (Å²) in [6.45, 7) is 3.19. The molecule has 1 atom stereocenters. The Bertz CT molecular complexity index is 1220. The minimum absolute atomic E-state index is 0.201. The van der Waals surface area contributed by atoms with E-state index in [1.54, 1.807) is 30.5 Å². The van der Waals surface area contributed by atoms with E-state index in [4.69, 9.17) is 11.6 Å². The highest BCUT2D eigenvalue weighted by Gasteiger charge is 2.28. The topological polar surface area (TPSA) is 84.3 Å². The number of piperidine rings is 1. The number of sulfonamides is 1. The first-order chi connectivity index (χ1) is 15.8. The number of aryl methyl sites for hydroxylation is 1. The lowest BCUT2D eigenvalue weighted by Gasteiger charge is -2.29. The Morgan fingerprint density at radius 1 is 1.09 bits per heavy atom. The van der Waals surface area contributed by atoms with Crippen molar-refractivity contribution in [2.75, 3.05) is 13.1 Å². The van der Waals surface area contributed by atoms with Crippen LogP contribution in [0.3, 0.4) is 0 Å². The van der Waals surface area contributed by atoms with Gasteiger partial charge in [0.1, 0.15) is 11.9 Å². The first-order valence-electron chi connectivity index (χ1n) is 10.9. The number of amides is 1. The lowest BCUT2D eigenvalue weighted by molar-refractivity contribution is 0.0941. The molecule has 3 aromatic rings. The number of benzene rings is 2. The molecule has 33 heavy (non-hydrogen) atoms. The minimum Gasteiger partial charge on any atom is -0.338 e. The molecular weight excluding hydrogens is 460 g/mol. The van der Waals surface area contributed by atoms with E-state index in [2.05, 4.69) is 17.2 Å². The second-order valence-electron chi connectivity index (χ2n) is 8.47. The quantitative estimate of drug-likeness (QED) is 0.570. The molecule has 0 aliphatic carbocycles. The summed E-state index contributed by atoms with van der Waals surface area (Å²) in [6.07, 6.45) is 5.20. The third-order valence-electron chi connectivity index (χ3n) is 6.09. The largest absolute Gasteiger partial charge is 0.338 e. The molecule has 4 rings (SSSR count). The van der Waals surface area contributed by atoms with E-state index in [-0.39, 0.29) is 10.8 Å². The van der Waals surface area contributed by atoms with Gasteiger partial charge in [-0.2, -0.15) is 4.31 Å². The summed E-state index contributed by atoms with van der Waals surface area (Å²) in [5.41, 5.74) is 1.20. The number of hydrogen-bond donors (Lipinski definition) is 1. The summed E-state index contributed by atoms with van der Waals surface area (Å²) >= 11 is 6.03. The summed E-state index contributed by atoms with van der Waals surface area (Å²) in [6, 6.07) is 12.8. The zero-order valence-corrected chi connectivity index (χ0v) is 20.2. The first kappa shape index (κ1) is 23.5. The van der Waals surface area contributed by atoms with Gasteiger partial charge in [0.15, 0.2) is 0 Å². The maximum absolute atomic E-state index is 13.1. The van der Waals surface area contributed by atoms with Crippen molar-refractivity contribution in [2.45, 2.75) is 30.7 Å². The zero-order valence-electron chi connectivity index (χ0n) is 18.6. The fourth-order valence-electron chi connectivity index (χ4n) is 3.97. The maximum Gasteiger partial charge on any atom is 0.252 e. The number of halogens is 1. The molecule has 1 saturated heterocycles. The Kier molecular flexibility index (Phi) is 6.88. The SMILES string of the molecule is CC1CCN(S(=O)(=O)c2ccc(C(=O)N[C@@H](c3ccc(Cl)cc3)c3nccn3C)cc2)CC1. The lowest BCUT2D eigenvalue weighted by Crippen LogP contribution is -2.37. The fraction of sp³-hybridized carbons (Fsp3) is 0.333. The van der Waals surface area contributed by atoms with Crippen molar-refractivity contribution in [2.24, 2.45) is 13.0 Å². The average molecular weight is 487 g/mol. The smallest absolute Gasteiger partial charge is 0.252 e. The number of carbonyl (C=O) groups excluding carboxylic acids is 1. The summed E-state index contributed by atoms with van der Waals surface area (Å²) < 4.78 is 29.3. The number of nitrogens with one attached hydrogen (secondary N) is 1. The normalized spacial score (nSPS) is 16.5. The van der Waals surface area contributed by atoms with E-state index in [0.717, 1.165) is 18.4 Å². The zero-order chi connectivity index (χ0) is 23.6. The van der Waals surface area contributed by atoms with Crippen LogP contribution in [0.1, 0.15) is 47.6 Å². The van der Waals surface area contributed by atoms with Crippen molar-refractivity contribution in [1.82, 2.24) is 19.2 Å². The second-order valence-corrected chi connectivity index (χ2v) is 10.8. The van der Waals surface area contributed by atoms with Crippen molar-refractivity contribution < 1.29 is 13.2 Å². The Labute approximate surface area is 199 Å². The Hall–Kier alpha value is -2.68. The maximum atomic E-state index is 13.1. The highest BCUT2D eigenvalue weighted by atomic mass is 35.5. The first-order valence-corrected chi connectivity index (χ1v) is 12.7. The molecule has 174 valence electrons. The van der Waals surface area contributed by atoms with Gasteiger partial charge >= 0.3 is 0 Å². The molecule has 0 saturated carbocycles. The number of carbonyl (C=O) groups is 1. The molecule has 1 aliphatic heterocycles. The van der Waals surface area contributed by atoms with Gasteiger partial charge in [0, 0.05) is 43.1 Å². The second kappa shape index (κ2) is 9.67. The minimum atomic E-state index is -3.56. The fourth-order valence-corrected chi connectivity index (χ4v) is 5.57. The van der Waals surface area contributed by atoms with Crippen LogP contribution in [0.5, 0.6) is 0 Å². The third kappa shape index (κ3) is 5.13. The predicted octanol–water partition coefficient (Wildman–Crippen LogP) is 4.01. The standard InChI is InChI=1S/C24H27ClN4O3S/c1-17-11-14-29(15-12-17)33(31,32)21-9-5-19(6-10-21)24(30)27-22(23-26-13-16-28(23)2)18-3-7-20(25)8-4-18/h3-10,13,16-17,22H,11-12,14-15H2,1-2H3,(H,27,30)/t22-/m0/s1. The van der Waals surface area contributed by atoms with Gasteiger partial charge in [-0.25, -0.2) is 13.4 Å². The van der Waals surface area contributed by atoms with Crippen molar-refractivity contribution in [3.8, 4) is 0 Å². The van der Waals surface area contributed by atoms with Crippen LogP contribution in [0.2, 0.25) is 5.02 Å². The number of aromatic nitrogens is 2. The van der Waals surface area contributed by atoms with E-state index in [1.807, 2.05) is 29.9 Å². The summed E-state index contributed by atoms with van der Waals surface area (Å²) in [7, 11) is -1.70. The van der Waals surface area contributed by atoms with Crippen molar-refractivity contribution >= 4 is 27.5 Å². The third-order valence-corrected chi connectivity index (χ3v) is 8.26. The van der Waals surface area contributed by atoms with Crippen LogP contribution in [-0.4, -0.2) is 41.3 Å². The van der Waals surface area contributed by atoms with Crippen LogP contribution in [0, 0.1) is 5.92 Å². The predicted molar refractivity (Wildman–Crippen MR) is 128 cm³/mol. The molecule has 2 aromatic carbocycles. The molecule has 2 heterocycles. The monoisotopic (exact) mass is 486 g/mol. The summed E-state index contributed by atoms with van der Waals surface area (Å²) in [4.78, 5) is 17.7. The van der Waals surface area contributed by atoms with Crippen molar-refractivity contribution in [3.63, 3.8) is 0 Å². The van der Waals surface area contributed by atoms with E-state index >= 15 is 0 Å². The van der Waals surface area contributed by atoms with Crippen LogP contribution in [0.15, 0.2) is 65.8 Å². The molecular formula is C24H27ClN4O3S. The van der Waals surface area contributed by atoms with Gasteiger partial charge in [0.25, 0.3) is 5.91 Å².